The van der Waals surface area contributed by atoms with Crippen LogP contribution in [0.2, 0.25) is 0 Å². The molecule has 0 radical (unpaired) electrons. The van der Waals surface area contributed by atoms with E-state index in [1.54, 1.807) is 9.80 Å². The maximum atomic E-state index is 12.4. The fourth-order valence-corrected chi connectivity index (χ4v) is 3.52. The molecule has 1 unspecified atom stereocenters. The van der Waals surface area contributed by atoms with Crippen LogP contribution in [0.1, 0.15) is 12.0 Å². The molecule has 7 nitrogen and oxygen atoms in total. The molecular weight excluding hydrogens is 382 g/mol. The Balaban J connectivity index is 1.28. The van der Waals surface area contributed by atoms with E-state index in [-0.39, 0.29) is 36.8 Å². The van der Waals surface area contributed by atoms with Crippen LogP contribution in [0.4, 0.5) is 16.2 Å². The van der Waals surface area contributed by atoms with E-state index < -0.39 is 0 Å². The molecule has 0 spiro atoms. The average Bonchev–Trinajstić information content (AvgIpc) is 3.38. The van der Waals surface area contributed by atoms with Gasteiger partial charge in [-0.25, -0.2) is 4.79 Å². The van der Waals surface area contributed by atoms with E-state index in [1.165, 1.54) is 0 Å². The van der Waals surface area contributed by atoms with Crippen LogP contribution in [-0.2, 0) is 14.3 Å². The lowest BCUT2D eigenvalue weighted by Gasteiger charge is -2.16. The summed E-state index contributed by atoms with van der Waals surface area (Å²) in [5, 5.41) is 2.79. The number of carbonyl (C=O) groups is 3. The summed E-state index contributed by atoms with van der Waals surface area (Å²) in [4.78, 5) is 39.4. The molecule has 2 aliphatic rings. The lowest BCUT2D eigenvalue weighted by Crippen LogP contribution is -2.33. The van der Waals surface area contributed by atoms with Crippen molar-refractivity contribution in [3.8, 4) is 11.8 Å². The van der Waals surface area contributed by atoms with Crippen LogP contribution in [0, 0.1) is 17.8 Å². The van der Waals surface area contributed by atoms with Crippen molar-refractivity contribution in [1.82, 2.24) is 5.32 Å². The standard InChI is InChI=1S/C23H21N3O4/c27-21-15-18(16-26(21)19-6-2-1-3-7-19)22(28)24-12-4-5-17-8-10-20(11-9-17)25-13-14-30-23(25)29/h1-3,6-11,18H,12-16H2,(H,24,28). The predicted molar refractivity (Wildman–Crippen MR) is 112 cm³/mol. The van der Waals surface area contributed by atoms with Gasteiger partial charge in [-0.2, -0.15) is 0 Å². The van der Waals surface area contributed by atoms with Gasteiger partial charge in [-0.15, -0.1) is 0 Å². The molecule has 1 N–H and O–H groups in total. The van der Waals surface area contributed by atoms with Gasteiger partial charge in [0.2, 0.25) is 11.8 Å². The van der Waals surface area contributed by atoms with Crippen LogP contribution in [0.3, 0.4) is 0 Å². The Bertz CT molecular complexity index is 1010. The van der Waals surface area contributed by atoms with E-state index in [9.17, 15) is 14.4 Å². The second-order valence-electron chi connectivity index (χ2n) is 7.07. The van der Waals surface area contributed by atoms with Gasteiger partial charge in [0, 0.05) is 29.9 Å². The third-order valence-corrected chi connectivity index (χ3v) is 5.09. The van der Waals surface area contributed by atoms with Crippen LogP contribution >= 0.6 is 0 Å². The Kier molecular flexibility index (Phi) is 5.66. The van der Waals surface area contributed by atoms with Crippen molar-refractivity contribution < 1.29 is 19.1 Å². The fourth-order valence-electron chi connectivity index (χ4n) is 3.52. The summed E-state index contributed by atoms with van der Waals surface area (Å²) in [5.74, 6) is 5.32. The molecule has 0 saturated carbocycles. The molecule has 0 aliphatic carbocycles. The van der Waals surface area contributed by atoms with Gasteiger partial charge in [-0.05, 0) is 36.4 Å². The third kappa shape index (κ3) is 4.28. The highest BCUT2D eigenvalue weighted by atomic mass is 16.6. The van der Waals surface area contributed by atoms with Gasteiger partial charge in [-0.3, -0.25) is 14.5 Å². The SMILES string of the molecule is O=C(NCC#Cc1ccc(N2CCOC2=O)cc1)C1CC(=O)N(c2ccccc2)C1. The summed E-state index contributed by atoms with van der Waals surface area (Å²) in [5.41, 5.74) is 2.36. The molecule has 2 aromatic rings. The Morgan fingerprint density at radius 3 is 2.47 bits per heavy atom. The Hall–Kier alpha value is -3.79. The van der Waals surface area contributed by atoms with Gasteiger partial charge >= 0.3 is 6.09 Å². The average molecular weight is 403 g/mol. The number of hydrogen-bond donors (Lipinski definition) is 1. The van der Waals surface area contributed by atoms with Crippen LogP contribution in [0.25, 0.3) is 0 Å². The van der Waals surface area contributed by atoms with Crippen LogP contribution in [0.15, 0.2) is 54.6 Å². The molecule has 2 saturated heterocycles. The van der Waals surface area contributed by atoms with Crippen molar-refractivity contribution in [2.75, 3.05) is 36.0 Å². The van der Waals surface area contributed by atoms with Crippen molar-refractivity contribution >= 4 is 29.3 Å². The van der Waals surface area contributed by atoms with Gasteiger partial charge in [0.25, 0.3) is 0 Å². The van der Waals surface area contributed by atoms with E-state index in [1.807, 2.05) is 54.6 Å². The molecule has 152 valence electrons. The molecule has 7 heteroatoms. The molecule has 4 rings (SSSR count). The first-order valence-corrected chi connectivity index (χ1v) is 9.78. The zero-order valence-electron chi connectivity index (χ0n) is 16.3. The molecule has 2 fully saturated rings. The number of hydrogen-bond acceptors (Lipinski definition) is 4. The first kappa shape index (κ1) is 19.5. The largest absolute Gasteiger partial charge is 0.447 e. The van der Waals surface area contributed by atoms with E-state index >= 15 is 0 Å². The molecule has 2 aliphatic heterocycles. The zero-order chi connectivity index (χ0) is 20.9. The highest BCUT2D eigenvalue weighted by Crippen LogP contribution is 2.24. The summed E-state index contributed by atoms with van der Waals surface area (Å²) in [7, 11) is 0. The number of anilines is 2. The highest BCUT2D eigenvalue weighted by Gasteiger charge is 2.34. The minimum Gasteiger partial charge on any atom is -0.447 e. The summed E-state index contributed by atoms with van der Waals surface area (Å²) < 4.78 is 4.93. The van der Waals surface area contributed by atoms with Gasteiger partial charge in [0.15, 0.2) is 0 Å². The smallest absolute Gasteiger partial charge is 0.414 e. The number of para-hydroxylation sites is 1. The predicted octanol–water partition coefficient (Wildman–Crippen LogP) is 2.16. The minimum atomic E-state index is -0.376. The van der Waals surface area contributed by atoms with Crippen molar-refractivity contribution in [2.45, 2.75) is 6.42 Å². The third-order valence-electron chi connectivity index (χ3n) is 5.09. The van der Waals surface area contributed by atoms with Crippen LogP contribution < -0.4 is 15.1 Å². The molecule has 1 atom stereocenters. The van der Waals surface area contributed by atoms with Crippen molar-refractivity contribution in [3.63, 3.8) is 0 Å². The number of rotatable bonds is 4. The Morgan fingerprint density at radius 2 is 1.77 bits per heavy atom. The lowest BCUT2D eigenvalue weighted by atomic mass is 10.1. The highest BCUT2D eigenvalue weighted by molar-refractivity contribution is 6.00. The van der Waals surface area contributed by atoms with Gasteiger partial charge in [-0.1, -0.05) is 30.0 Å². The Morgan fingerprint density at radius 1 is 1.03 bits per heavy atom. The topological polar surface area (TPSA) is 79.0 Å². The minimum absolute atomic E-state index is 0.0468. The first-order chi connectivity index (χ1) is 14.6. The quantitative estimate of drug-likeness (QED) is 0.794. The maximum Gasteiger partial charge on any atom is 0.414 e. The molecule has 30 heavy (non-hydrogen) atoms. The summed E-state index contributed by atoms with van der Waals surface area (Å²) in [6.07, 6.45) is -0.137. The van der Waals surface area contributed by atoms with Crippen molar-refractivity contribution in [2.24, 2.45) is 5.92 Å². The monoisotopic (exact) mass is 403 g/mol. The molecule has 2 heterocycles. The molecular formula is C23H21N3O4. The Labute approximate surface area is 174 Å². The van der Waals surface area contributed by atoms with E-state index in [2.05, 4.69) is 17.2 Å². The molecule has 2 aromatic carbocycles. The first-order valence-electron chi connectivity index (χ1n) is 9.78. The lowest BCUT2D eigenvalue weighted by molar-refractivity contribution is -0.126. The molecule has 0 bridgehead atoms. The van der Waals surface area contributed by atoms with E-state index in [0.717, 1.165) is 16.9 Å². The summed E-state index contributed by atoms with van der Waals surface area (Å²) >= 11 is 0. The van der Waals surface area contributed by atoms with Crippen molar-refractivity contribution in [3.05, 3.63) is 60.2 Å². The molecule has 3 amide bonds. The van der Waals surface area contributed by atoms with Crippen LogP contribution in [-0.4, -0.2) is 44.1 Å². The second-order valence-corrected chi connectivity index (χ2v) is 7.07. The van der Waals surface area contributed by atoms with Gasteiger partial charge in [0.05, 0.1) is 19.0 Å². The number of nitrogens with zero attached hydrogens (tertiary/aromatic N) is 2. The summed E-state index contributed by atoms with van der Waals surface area (Å²) in [6.45, 7) is 1.52. The van der Waals surface area contributed by atoms with Gasteiger partial charge in [0.1, 0.15) is 6.61 Å². The number of benzene rings is 2. The zero-order valence-corrected chi connectivity index (χ0v) is 16.3. The van der Waals surface area contributed by atoms with Crippen molar-refractivity contribution in [1.29, 1.82) is 0 Å². The summed E-state index contributed by atoms with van der Waals surface area (Å²) in [6, 6.07) is 16.6. The number of cyclic esters (lactones) is 1. The normalized spacial score (nSPS) is 18.1. The number of amides is 3. The maximum absolute atomic E-state index is 12.4. The second kappa shape index (κ2) is 8.70. The number of nitrogens with one attached hydrogen (secondary N) is 1. The fraction of sp³-hybridized carbons (Fsp3) is 0.261. The van der Waals surface area contributed by atoms with E-state index in [4.69, 9.17) is 4.74 Å². The van der Waals surface area contributed by atoms with E-state index in [0.29, 0.717) is 19.7 Å². The molecule has 0 aromatic heterocycles. The number of carbonyl (C=O) groups excluding carboxylic acids is 3. The van der Waals surface area contributed by atoms with Crippen LogP contribution in [0.5, 0.6) is 0 Å². The number of ether oxygens (including phenoxy) is 1. The van der Waals surface area contributed by atoms with Gasteiger partial charge < -0.3 is 15.0 Å².